The highest BCUT2D eigenvalue weighted by atomic mass is 32.1. The molecule has 32 heavy (non-hydrogen) atoms. The number of carbonyl (C=O) groups is 2. The maximum absolute atomic E-state index is 13.7. The molecular weight excluding hydrogens is 442 g/mol. The van der Waals surface area contributed by atoms with Gasteiger partial charge in [-0.25, -0.2) is 4.98 Å². The first-order valence-corrected chi connectivity index (χ1v) is 12.0. The van der Waals surface area contributed by atoms with Crippen molar-refractivity contribution in [3.05, 3.63) is 74.1 Å². The number of aliphatic hydroxyl groups excluding tert-OH is 1. The molecule has 3 aromatic rings. The van der Waals surface area contributed by atoms with Crippen LogP contribution in [-0.4, -0.2) is 58.8 Å². The van der Waals surface area contributed by atoms with Gasteiger partial charge < -0.3 is 14.9 Å². The lowest BCUT2D eigenvalue weighted by molar-refractivity contribution is -0.129. The quantitative estimate of drug-likeness (QED) is 0.513. The molecule has 0 radical (unpaired) electrons. The molecule has 8 heteroatoms. The first-order valence-electron chi connectivity index (χ1n) is 10.3. The molecule has 0 bridgehead atoms. The summed E-state index contributed by atoms with van der Waals surface area (Å²) in [6.45, 7) is 4.79. The number of thiophene rings is 1. The van der Waals surface area contributed by atoms with Crippen LogP contribution in [0.3, 0.4) is 0 Å². The van der Waals surface area contributed by atoms with Crippen molar-refractivity contribution in [2.45, 2.75) is 19.9 Å². The van der Waals surface area contributed by atoms with E-state index in [1.165, 1.54) is 22.7 Å². The van der Waals surface area contributed by atoms with E-state index in [-0.39, 0.29) is 11.4 Å². The summed E-state index contributed by atoms with van der Waals surface area (Å²) in [4.78, 5) is 36.3. The van der Waals surface area contributed by atoms with Crippen LogP contribution in [-0.2, 0) is 4.79 Å². The van der Waals surface area contributed by atoms with Crippen molar-refractivity contribution in [3.8, 4) is 10.6 Å². The fourth-order valence-electron chi connectivity index (χ4n) is 3.79. The van der Waals surface area contributed by atoms with Gasteiger partial charge in [0.15, 0.2) is 5.76 Å². The van der Waals surface area contributed by atoms with Crippen LogP contribution in [0.4, 0.5) is 0 Å². The number of aryl methyl sites for hydroxylation is 2. The Labute approximate surface area is 195 Å². The molecule has 2 aromatic heterocycles. The highest BCUT2D eigenvalue weighted by molar-refractivity contribution is 7.17. The van der Waals surface area contributed by atoms with Crippen LogP contribution in [0.15, 0.2) is 53.1 Å². The standard InChI is InChI=1S/C24H25N3O3S2/c1-14-10-13-31-21(14)18-17(20(29)24(30)27(18)12-11-26(3)4)19(28)22-15(2)25-23(32-22)16-8-6-5-7-9-16/h5-10,13,18,29H,11-12H2,1-4H3. The van der Waals surface area contributed by atoms with Crippen molar-refractivity contribution in [3.63, 3.8) is 0 Å². The molecule has 1 aliphatic heterocycles. The van der Waals surface area contributed by atoms with Gasteiger partial charge in [0.1, 0.15) is 5.01 Å². The Balaban J connectivity index is 1.77. The molecular formula is C24H25N3O3S2. The van der Waals surface area contributed by atoms with Crippen molar-refractivity contribution >= 4 is 34.4 Å². The Morgan fingerprint density at radius 2 is 1.91 bits per heavy atom. The third-order valence-electron chi connectivity index (χ3n) is 5.51. The molecule has 1 N–H and O–H groups in total. The number of hydrogen-bond acceptors (Lipinski definition) is 7. The number of ketones is 1. The summed E-state index contributed by atoms with van der Waals surface area (Å²) < 4.78 is 0. The Kier molecular flexibility index (Phi) is 6.28. The lowest BCUT2D eigenvalue weighted by atomic mass is 9.98. The second-order valence-electron chi connectivity index (χ2n) is 8.06. The van der Waals surface area contributed by atoms with Gasteiger partial charge in [0.2, 0.25) is 5.78 Å². The lowest BCUT2D eigenvalue weighted by Crippen LogP contribution is -2.36. The van der Waals surface area contributed by atoms with Gasteiger partial charge in [-0.15, -0.1) is 22.7 Å². The normalized spacial score (nSPS) is 16.5. The number of Topliss-reactive ketones (excluding diaryl/α,β-unsaturated/α-hetero) is 1. The topological polar surface area (TPSA) is 73.7 Å². The molecule has 1 aliphatic rings. The van der Waals surface area contributed by atoms with Crippen LogP contribution in [0.5, 0.6) is 0 Å². The van der Waals surface area contributed by atoms with Crippen LogP contribution in [0.1, 0.15) is 31.8 Å². The summed E-state index contributed by atoms with van der Waals surface area (Å²) in [6.07, 6.45) is 0. The van der Waals surface area contributed by atoms with Gasteiger partial charge >= 0.3 is 0 Å². The van der Waals surface area contributed by atoms with Crippen LogP contribution in [0.2, 0.25) is 0 Å². The average molecular weight is 468 g/mol. The average Bonchev–Trinajstić information content (AvgIpc) is 3.43. The number of nitrogens with zero attached hydrogens (tertiary/aromatic N) is 3. The fourth-order valence-corrected chi connectivity index (χ4v) is 5.87. The number of hydrogen-bond donors (Lipinski definition) is 1. The molecule has 3 heterocycles. The maximum Gasteiger partial charge on any atom is 0.290 e. The lowest BCUT2D eigenvalue weighted by Gasteiger charge is -2.27. The van der Waals surface area contributed by atoms with Gasteiger partial charge in [-0.1, -0.05) is 30.3 Å². The van der Waals surface area contributed by atoms with Crippen LogP contribution in [0, 0.1) is 13.8 Å². The maximum atomic E-state index is 13.7. The van der Waals surface area contributed by atoms with Gasteiger partial charge in [-0.2, -0.15) is 0 Å². The van der Waals surface area contributed by atoms with E-state index in [0.29, 0.717) is 23.7 Å². The Morgan fingerprint density at radius 1 is 1.19 bits per heavy atom. The van der Waals surface area contributed by atoms with E-state index in [0.717, 1.165) is 21.0 Å². The molecule has 0 saturated carbocycles. The number of thiazole rings is 1. The molecule has 1 atom stereocenters. The molecule has 0 aliphatic carbocycles. The zero-order valence-corrected chi connectivity index (χ0v) is 20.1. The second-order valence-corrected chi connectivity index (χ2v) is 10.0. The molecule has 0 spiro atoms. The number of rotatable bonds is 7. The summed E-state index contributed by atoms with van der Waals surface area (Å²) in [5.74, 6) is -1.29. The number of amides is 1. The first kappa shape index (κ1) is 22.4. The van der Waals surface area contributed by atoms with E-state index in [9.17, 15) is 14.7 Å². The third kappa shape index (κ3) is 4.01. The summed E-state index contributed by atoms with van der Waals surface area (Å²) in [5.41, 5.74) is 2.66. The van der Waals surface area contributed by atoms with E-state index in [2.05, 4.69) is 4.98 Å². The van der Waals surface area contributed by atoms with Crippen molar-refractivity contribution in [2.24, 2.45) is 0 Å². The molecule has 166 valence electrons. The predicted molar refractivity (Wildman–Crippen MR) is 128 cm³/mol. The number of benzene rings is 1. The van der Waals surface area contributed by atoms with E-state index in [4.69, 9.17) is 0 Å². The third-order valence-corrected chi connectivity index (χ3v) is 7.79. The number of likely N-dealkylation sites (N-methyl/N-ethyl adjacent to an activating group) is 1. The van der Waals surface area contributed by atoms with Crippen LogP contribution < -0.4 is 0 Å². The molecule has 6 nitrogen and oxygen atoms in total. The predicted octanol–water partition coefficient (Wildman–Crippen LogP) is 4.63. The number of aliphatic hydroxyl groups is 1. The van der Waals surface area contributed by atoms with Gasteiger partial charge in [0.25, 0.3) is 5.91 Å². The van der Waals surface area contributed by atoms with E-state index in [1.54, 1.807) is 11.8 Å². The molecule has 0 saturated heterocycles. The molecule has 4 rings (SSSR count). The van der Waals surface area contributed by atoms with Gasteiger partial charge in [0.05, 0.1) is 22.2 Å². The Bertz CT molecular complexity index is 1190. The minimum atomic E-state index is -0.600. The summed E-state index contributed by atoms with van der Waals surface area (Å²) in [6, 6.07) is 11.0. The molecule has 0 fully saturated rings. The minimum Gasteiger partial charge on any atom is -0.503 e. The fraction of sp³-hybridized carbons (Fsp3) is 0.292. The number of aromatic nitrogens is 1. The highest BCUT2D eigenvalue weighted by Crippen LogP contribution is 2.43. The first-order chi connectivity index (χ1) is 15.3. The SMILES string of the molecule is Cc1ccsc1C1C(C(=O)c2sc(-c3ccccc3)nc2C)=C(O)C(=O)N1CCN(C)C. The summed E-state index contributed by atoms with van der Waals surface area (Å²) >= 11 is 2.79. The van der Waals surface area contributed by atoms with E-state index < -0.39 is 17.7 Å². The largest absolute Gasteiger partial charge is 0.503 e. The van der Waals surface area contributed by atoms with Crippen molar-refractivity contribution in [2.75, 3.05) is 27.2 Å². The Morgan fingerprint density at radius 3 is 2.53 bits per heavy atom. The highest BCUT2D eigenvalue weighted by Gasteiger charge is 2.45. The zero-order chi connectivity index (χ0) is 23.0. The van der Waals surface area contributed by atoms with Crippen LogP contribution >= 0.6 is 22.7 Å². The van der Waals surface area contributed by atoms with Crippen LogP contribution in [0.25, 0.3) is 10.6 Å². The smallest absolute Gasteiger partial charge is 0.290 e. The second kappa shape index (κ2) is 8.97. The van der Waals surface area contributed by atoms with Crippen molar-refractivity contribution in [1.82, 2.24) is 14.8 Å². The minimum absolute atomic E-state index is 0.144. The molecule has 1 aromatic carbocycles. The van der Waals surface area contributed by atoms with Crippen molar-refractivity contribution in [1.29, 1.82) is 0 Å². The van der Waals surface area contributed by atoms with Gasteiger partial charge in [-0.05, 0) is 45.0 Å². The van der Waals surface area contributed by atoms with Gasteiger partial charge in [-0.3, -0.25) is 9.59 Å². The molecule has 1 unspecified atom stereocenters. The zero-order valence-electron chi connectivity index (χ0n) is 18.5. The van der Waals surface area contributed by atoms with E-state index in [1.807, 2.05) is 67.7 Å². The summed E-state index contributed by atoms with van der Waals surface area (Å²) in [5, 5.41) is 13.5. The number of carbonyl (C=O) groups excluding carboxylic acids is 2. The monoisotopic (exact) mass is 467 g/mol. The Hall–Kier alpha value is -2.81. The summed E-state index contributed by atoms with van der Waals surface area (Å²) in [7, 11) is 3.86. The van der Waals surface area contributed by atoms with Gasteiger partial charge in [0, 0.05) is 23.5 Å². The van der Waals surface area contributed by atoms with E-state index >= 15 is 0 Å². The molecule has 1 amide bonds. The van der Waals surface area contributed by atoms with Crippen molar-refractivity contribution < 1.29 is 14.7 Å².